The predicted molar refractivity (Wildman–Crippen MR) is 96.3 cm³/mol. The highest BCUT2D eigenvalue weighted by molar-refractivity contribution is 7.99. The van der Waals surface area contributed by atoms with Crippen molar-refractivity contribution in [3.05, 3.63) is 29.8 Å². The molecule has 0 aliphatic heterocycles. The van der Waals surface area contributed by atoms with E-state index in [0.717, 1.165) is 11.8 Å². The van der Waals surface area contributed by atoms with E-state index in [1.54, 1.807) is 18.2 Å². The summed E-state index contributed by atoms with van der Waals surface area (Å²) in [6.07, 6.45) is 1.32. The maximum atomic E-state index is 11.9. The summed E-state index contributed by atoms with van der Waals surface area (Å²) in [4.78, 5) is 20.1. The van der Waals surface area contributed by atoms with Gasteiger partial charge in [-0.15, -0.1) is 0 Å². The van der Waals surface area contributed by atoms with Crippen LogP contribution in [0.25, 0.3) is 0 Å². The number of benzene rings is 1. The Hall–Kier alpha value is -3.01. The Balaban J connectivity index is 1.91. The molecule has 26 heavy (non-hydrogen) atoms. The van der Waals surface area contributed by atoms with Gasteiger partial charge in [0, 0.05) is 5.56 Å². The van der Waals surface area contributed by atoms with Crippen molar-refractivity contribution in [2.24, 2.45) is 5.10 Å². The molecule has 0 bridgehead atoms. The molecule has 1 aromatic carbocycles. The van der Waals surface area contributed by atoms with Gasteiger partial charge in [-0.2, -0.15) is 15.1 Å². The number of hydrazone groups is 1. The molecule has 1 amide bonds. The Morgan fingerprint density at radius 1 is 1.23 bits per heavy atom. The van der Waals surface area contributed by atoms with Gasteiger partial charge in [0.25, 0.3) is 5.91 Å². The average Bonchev–Trinajstić information content (AvgIpc) is 2.67. The van der Waals surface area contributed by atoms with Gasteiger partial charge >= 0.3 is 0 Å². The van der Waals surface area contributed by atoms with E-state index in [1.807, 2.05) is 0 Å². The maximum absolute atomic E-state index is 11.9. The van der Waals surface area contributed by atoms with Crippen molar-refractivity contribution >= 4 is 23.9 Å². The van der Waals surface area contributed by atoms with Crippen molar-refractivity contribution in [3.8, 4) is 23.3 Å². The van der Waals surface area contributed by atoms with Crippen LogP contribution in [0.15, 0.2) is 34.5 Å². The van der Waals surface area contributed by atoms with Gasteiger partial charge in [-0.1, -0.05) is 17.8 Å². The van der Waals surface area contributed by atoms with Gasteiger partial charge in [0.2, 0.25) is 11.8 Å². The Morgan fingerprint density at radius 3 is 2.54 bits per heavy atom. The van der Waals surface area contributed by atoms with Gasteiger partial charge in [-0.25, -0.2) is 5.43 Å². The Labute approximate surface area is 154 Å². The number of nitrogens with one attached hydrogen (secondary N) is 1. The van der Waals surface area contributed by atoms with Crippen molar-refractivity contribution in [2.75, 3.05) is 27.1 Å². The van der Waals surface area contributed by atoms with Crippen LogP contribution >= 0.6 is 11.8 Å². The normalized spacial score (nSPS) is 10.6. The first-order chi connectivity index (χ1) is 12.6. The minimum atomic E-state index is -0.362. The third kappa shape index (κ3) is 5.24. The highest BCUT2D eigenvalue weighted by Gasteiger charge is 2.09. The number of phenolic OH excluding ortho intramolecular Hbond substituents is 1. The number of phenols is 1. The van der Waals surface area contributed by atoms with E-state index in [1.165, 1.54) is 33.6 Å². The van der Waals surface area contributed by atoms with Crippen LogP contribution < -0.4 is 19.6 Å². The number of rotatable bonds is 8. The highest BCUT2D eigenvalue weighted by Crippen LogP contribution is 2.28. The second-order valence-corrected chi connectivity index (χ2v) is 5.66. The summed E-state index contributed by atoms with van der Waals surface area (Å²) in [5.41, 5.74) is 2.78. The predicted octanol–water partition coefficient (Wildman–Crippen LogP) is 1.45. The summed E-state index contributed by atoms with van der Waals surface area (Å²) < 4.78 is 15.1. The van der Waals surface area contributed by atoms with Gasteiger partial charge in [0.05, 0.1) is 39.4 Å². The third-order valence-corrected chi connectivity index (χ3v) is 3.90. The molecule has 9 nitrogen and oxygen atoms in total. The molecule has 0 saturated heterocycles. The number of hydrogen-bond acceptors (Lipinski definition) is 9. The van der Waals surface area contributed by atoms with Gasteiger partial charge in [-0.3, -0.25) is 4.79 Å². The van der Waals surface area contributed by atoms with Crippen molar-refractivity contribution in [1.82, 2.24) is 15.4 Å². The number of methoxy groups -OCH3 is 3. The fourth-order valence-corrected chi connectivity index (χ4v) is 2.44. The van der Waals surface area contributed by atoms with Crippen LogP contribution in [0.4, 0.5) is 0 Å². The fraction of sp³-hybridized carbons (Fsp3) is 0.250. The van der Waals surface area contributed by atoms with Crippen LogP contribution in [0.3, 0.4) is 0 Å². The lowest BCUT2D eigenvalue weighted by atomic mass is 10.2. The fourth-order valence-electron chi connectivity index (χ4n) is 1.80. The molecule has 1 heterocycles. The minimum Gasteiger partial charge on any atom is -0.504 e. The zero-order chi connectivity index (χ0) is 18.9. The standard InChI is InChI=1S/C16H18N4O5S/c1-23-11-6-4-5-10(15(11)22)8-17-20-12(21)9-26-16-18-13(24-2)7-14(19-16)25-3/h4-8,22H,9H2,1-3H3,(H,20,21)/b17-8+. The minimum absolute atomic E-state index is 0.0394. The molecular formula is C16H18N4O5S. The van der Waals surface area contributed by atoms with E-state index in [9.17, 15) is 9.90 Å². The van der Waals surface area contributed by atoms with Crippen molar-refractivity contribution in [1.29, 1.82) is 0 Å². The average molecular weight is 378 g/mol. The number of thioether (sulfide) groups is 1. The number of carbonyl (C=O) groups excluding carboxylic acids is 1. The van der Waals surface area contributed by atoms with Gasteiger partial charge in [0.15, 0.2) is 16.7 Å². The first-order valence-electron chi connectivity index (χ1n) is 7.35. The summed E-state index contributed by atoms with van der Waals surface area (Å²) in [5, 5.41) is 14.1. The van der Waals surface area contributed by atoms with Crippen LogP contribution in [0, 0.1) is 0 Å². The number of hydrogen-bond donors (Lipinski definition) is 2. The van der Waals surface area contributed by atoms with Crippen molar-refractivity contribution in [3.63, 3.8) is 0 Å². The largest absolute Gasteiger partial charge is 0.504 e. The lowest BCUT2D eigenvalue weighted by Crippen LogP contribution is -2.19. The molecule has 0 atom stereocenters. The molecule has 0 radical (unpaired) electrons. The monoisotopic (exact) mass is 378 g/mol. The first kappa shape index (κ1) is 19.3. The summed E-state index contributed by atoms with van der Waals surface area (Å²) in [6.45, 7) is 0. The van der Waals surface area contributed by atoms with E-state index in [2.05, 4.69) is 20.5 Å². The number of para-hydroxylation sites is 1. The number of aromatic nitrogens is 2. The molecule has 0 saturated carbocycles. The Kier molecular flexibility index (Phi) is 7.03. The third-order valence-electron chi connectivity index (χ3n) is 3.05. The lowest BCUT2D eigenvalue weighted by molar-refractivity contribution is -0.118. The molecular weight excluding hydrogens is 360 g/mol. The van der Waals surface area contributed by atoms with Crippen LogP contribution in [0.5, 0.6) is 23.3 Å². The zero-order valence-corrected chi connectivity index (χ0v) is 15.2. The molecule has 0 spiro atoms. The molecule has 0 aliphatic carbocycles. The number of ether oxygens (including phenoxy) is 3. The SMILES string of the molecule is COc1cc(OC)nc(SCC(=O)N/N=C/c2cccc(OC)c2O)n1. The van der Waals surface area contributed by atoms with Crippen molar-refractivity contribution in [2.45, 2.75) is 5.16 Å². The van der Waals surface area contributed by atoms with Crippen LogP contribution in [-0.4, -0.2) is 54.3 Å². The second kappa shape index (κ2) is 9.47. The molecule has 2 aromatic rings. The first-order valence-corrected chi connectivity index (χ1v) is 8.33. The van der Waals surface area contributed by atoms with E-state index >= 15 is 0 Å². The number of aromatic hydroxyl groups is 1. The number of carbonyl (C=O) groups is 1. The Bertz CT molecular complexity index is 778. The molecule has 1 aromatic heterocycles. The van der Waals surface area contributed by atoms with E-state index < -0.39 is 0 Å². The summed E-state index contributed by atoms with van der Waals surface area (Å²) in [6, 6.07) is 6.49. The molecule has 2 N–H and O–H groups in total. The quantitative estimate of drug-likeness (QED) is 0.307. The number of nitrogens with zero attached hydrogens (tertiary/aromatic N) is 3. The number of amides is 1. The molecule has 138 valence electrons. The Morgan fingerprint density at radius 2 is 1.92 bits per heavy atom. The molecule has 0 aliphatic rings. The van der Waals surface area contributed by atoms with Gasteiger partial charge in [0.1, 0.15) is 0 Å². The van der Waals surface area contributed by atoms with Crippen LogP contribution in [0.1, 0.15) is 5.56 Å². The molecule has 0 fully saturated rings. The van der Waals surface area contributed by atoms with Crippen LogP contribution in [0.2, 0.25) is 0 Å². The maximum Gasteiger partial charge on any atom is 0.250 e. The van der Waals surface area contributed by atoms with E-state index in [4.69, 9.17) is 14.2 Å². The van der Waals surface area contributed by atoms with Gasteiger partial charge < -0.3 is 19.3 Å². The highest BCUT2D eigenvalue weighted by atomic mass is 32.2. The summed E-state index contributed by atoms with van der Waals surface area (Å²) >= 11 is 1.11. The zero-order valence-electron chi connectivity index (χ0n) is 14.4. The molecule has 0 unspecified atom stereocenters. The summed E-state index contributed by atoms with van der Waals surface area (Å²) in [7, 11) is 4.40. The molecule has 10 heteroatoms. The topological polar surface area (TPSA) is 115 Å². The van der Waals surface area contributed by atoms with Gasteiger partial charge in [-0.05, 0) is 12.1 Å². The second-order valence-electron chi connectivity index (χ2n) is 4.72. The van der Waals surface area contributed by atoms with E-state index in [0.29, 0.717) is 28.2 Å². The van der Waals surface area contributed by atoms with E-state index in [-0.39, 0.29) is 17.4 Å². The smallest absolute Gasteiger partial charge is 0.250 e. The van der Waals surface area contributed by atoms with Crippen LogP contribution in [-0.2, 0) is 4.79 Å². The lowest BCUT2D eigenvalue weighted by Gasteiger charge is -2.06. The summed E-state index contributed by atoms with van der Waals surface area (Å²) in [5.74, 6) is 0.619. The van der Waals surface area contributed by atoms with Crippen molar-refractivity contribution < 1.29 is 24.1 Å². The molecule has 2 rings (SSSR count).